The molecule has 1 amide bonds. The number of carbonyl (C=O) groups excluding carboxylic acids is 1. The summed E-state index contributed by atoms with van der Waals surface area (Å²) in [4.78, 5) is 15.8. The maximum Gasteiger partial charge on any atom is 0.242 e. The summed E-state index contributed by atoms with van der Waals surface area (Å²) in [5.41, 5.74) is 2.42. The molecule has 1 aliphatic heterocycles. The number of anilines is 2. The predicted molar refractivity (Wildman–Crippen MR) is 115 cm³/mol. The molecule has 150 valence electrons. The van der Waals surface area contributed by atoms with Crippen LogP contribution in [0.15, 0.2) is 51.8 Å². The number of halogens is 1. The molecule has 0 aromatic heterocycles. The van der Waals surface area contributed by atoms with E-state index < -0.39 is 10.0 Å². The van der Waals surface area contributed by atoms with Crippen molar-refractivity contribution < 1.29 is 13.2 Å². The molecule has 3 rings (SSSR count). The van der Waals surface area contributed by atoms with Crippen LogP contribution in [-0.4, -0.2) is 40.5 Å². The molecule has 0 saturated carbocycles. The van der Waals surface area contributed by atoms with E-state index in [4.69, 9.17) is 0 Å². The molecular weight excluding hydrogens is 442 g/mol. The highest BCUT2D eigenvalue weighted by Gasteiger charge is 2.31. The Bertz CT molecular complexity index is 964. The zero-order chi connectivity index (χ0) is 20.3. The number of carbonyl (C=O) groups is 1. The van der Waals surface area contributed by atoms with Crippen LogP contribution >= 0.6 is 15.9 Å². The molecule has 0 bridgehead atoms. The number of rotatable bonds is 7. The highest BCUT2D eigenvalue weighted by molar-refractivity contribution is 9.10. The first kappa shape index (κ1) is 20.8. The van der Waals surface area contributed by atoms with Gasteiger partial charge in [0.15, 0.2) is 0 Å². The van der Waals surface area contributed by atoms with Gasteiger partial charge in [0.1, 0.15) is 4.90 Å². The minimum absolute atomic E-state index is 0.146. The summed E-state index contributed by atoms with van der Waals surface area (Å²) in [7, 11) is -3.76. The lowest BCUT2D eigenvalue weighted by Crippen LogP contribution is -2.36. The summed E-state index contributed by atoms with van der Waals surface area (Å²) < 4.78 is 29.4. The van der Waals surface area contributed by atoms with Gasteiger partial charge in [-0.2, -0.15) is 0 Å². The largest absolute Gasteiger partial charge is 0.370 e. The first-order valence-corrected chi connectivity index (χ1v) is 11.5. The number of sulfonamides is 1. The fourth-order valence-electron chi connectivity index (χ4n) is 3.49. The van der Waals surface area contributed by atoms with Crippen molar-refractivity contribution in [3.63, 3.8) is 0 Å². The van der Waals surface area contributed by atoms with E-state index in [9.17, 15) is 13.2 Å². The number of amides is 1. The molecule has 0 atom stereocenters. The van der Waals surface area contributed by atoms with Crippen LogP contribution in [0.25, 0.3) is 0 Å². The van der Waals surface area contributed by atoms with E-state index in [0.717, 1.165) is 17.8 Å². The van der Waals surface area contributed by atoms with Crippen LogP contribution in [0, 0.1) is 0 Å². The second-order valence-corrected chi connectivity index (χ2v) is 9.30. The van der Waals surface area contributed by atoms with Crippen molar-refractivity contribution >= 4 is 43.2 Å². The van der Waals surface area contributed by atoms with Gasteiger partial charge in [-0.3, -0.25) is 4.79 Å². The lowest BCUT2D eigenvalue weighted by atomic mass is 10.2. The molecule has 8 heteroatoms. The third-order valence-corrected chi connectivity index (χ3v) is 6.77. The van der Waals surface area contributed by atoms with E-state index in [1.165, 1.54) is 6.92 Å². The average Bonchev–Trinajstić information content (AvgIpc) is 3.09. The molecule has 28 heavy (non-hydrogen) atoms. The molecule has 2 aromatic carbocycles. The van der Waals surface area contributed by atoms with Crippen LogP contribution in [0.5, 0.6) is 0 Å². The topological polar surface area (TPSA) is 69.7 Å². The summed E-state index contributed by atoms with van der Waals surface area (Å²) in [6.45, 7) is 5.59. The summed E-state index contributed by atoms with van der Waals surface area (Å²) in [5.74, 6) is -0.154. The number of nitrogens with one attached hydrogen (secondary N) is 1. The summed E-state index contributed by atoms with van der Waals surface area (Å²) in [5, 5.41) is 0. The summed E-state index contributed by atoms with van der Waals surface area (Å²) in [6, 6.07) is 13.3. The Kier molecular flexibility index (Phi) is 6.42. The lowest BCUT2D eigenvalue weighted by molar-refractivity contribution is -0.116. The van der Waals surface area contributed by atoms with Gasteiger partial charge in [-0.05, 0) is 43.2 Å². The van der Waals surface area contributed by atoms with E-state index in [1.54, 1.807) is 11.0 Å². The van der Waals surface area contributed by atoms with Gasteiger partial charge in [0.25, 0.3) is 0 Å². The Hall–Kier alpha value is -1.90. The predicted octanol–water partition coefficient (Wildman–Crippen LogP) is 3.16. The number of fused-ring (bicyclic) bond motifs is 1. The maximum atomic E-state index is 13.0. The zero-order valence-electron chi connectivity index (χ0n) is 16.0. The van der Waals surface area contributed by atoms with Gasteiger partial charge in [-0.15, -0.1) is 0 Å². The van der Waals surface area contributed by atoms with Gasteiger partial charge in [0.05, 0.1) is 5.69 Å². The SMILES string of the molecule is CCN(CCNS(=O)(=O)c1cc(Br)cc2c1N(C(C)=O)CC2)c1ccccc1. The average molecular weight is 466 g/mol. The zero-order valence-corrected chi connectivity index (χ0v) is 18.4. The lowest BCUT2D eigenvalue weighted by Gasteiger charge is -2.24. The quantitative estimate of drug-likeness (QED) is 0.681. The molecule has 2 aromatic rings. The normalized spacial score (nSPS) is 13.5. The van der Waals surface area contributed by atoms with Crippen molar-refractivity contribution in [3.8, 4) is 0 Å². The van der Waals surface area contributed by atoms with Crippen LogP contribution in [0.4, 0.5) is 11.4 Å². The molecule has 0 unspecified atom stereocenters. The number of hydrogen-bond acceptors (Lipinski definition) is 4. The Morgan fingerprint density at radius 3 is 2.61 bits per heavy atom. The van der Waals surface area contributed by atoms with Crippen molar-refractivity contribution in [2.24, 2.45) is 0 Å². The van der Waals surface area contributed by atoms with Crippen LogP contribution in [0.1, 0.15) is 19.4 Å². The number of likely N-dealkylation sites (N-methyl/N-ethyl adjacent to an activating group) is 1. The molecule has 0 aliphatic carbocycles. The van der Waals surface area contributed by atoms with Crippen molar-refractivity contribution in [2.45, 2.75) is 25.2 Å². The molecule has 0 spiro atoms. The van der Waals surface area contributed by atoms with Crippen molar-refractivity contribution in [1.82, 2.24) is 4.72 Å². The standard InChI is InChI=1S/C20H24BrN3O3S/c1-3-23(18-7-5-4-6-8-18)12-10-22-28(26,27)19-14-17(21)13-16-9-11-24(15(2)25)20(16)19/h4-8,13-14,22H,3,9-12H2,1-2H3. The summed E-state index contributed by atoms with van der Waals surface area (Å²) >= 11 is 3.39. The fraction of sp³-hybridized carbons (Fsp3) is 0.350. The smallest absolute Gasteiger partial charge is 0.242 e. The van der Waals surface area contributed by atoms with E-state index >= 15 is 0 Å². The van der Waals surface area contributed by atoms with Crippen LogP contribution in [0.2, 0.25) is 0 Å². The monoisotopic (exact) mass is 465 g/mol. The molecule has 0 saturated heterocycles. The third-order valence-electron chi connectivity index (χ3n) is 4.84. The number of para-hydroxylation sites is 1. The first-order valence-electron chi connectivity index (χ1n) is 9.23. The fourth-order valence-corrected chi connectivity index (χ4v) is 5.44. The van der Waals surface area contributed by atoms with Crippen molar-refractivity contribution in [2.75, 3.05) is 36.0 Å². The van der Waals surface area contributed by atoms with E-state index in [-0.39, 0.29) is 17.3 Å². The molecule has 1 heterocycles. The second-order valence-electron chi connectivity index (χ2n) is 6.65. The van der Waals surface area contributed by atoms with Gasteiger partial charge in [-0.1, -0.05) is 34.1 Å². The van der Waals surface area contributed by atoms with Crippen LogP contribution in [0.3, 0.4) is 0 Å². The van der Waals surface area contributed by atoms with Gasteiger partial charge < -0.3 is 9.80 Å². The van der Waals surface area contributed by atoms with E-state index in [2.05, 4.69) is 25.6 Å². The molecular formula is C20H24BrN3O3S. The second kappa shape index (κ2) is 8.63. The Balaban J connectivity index is 1.80. The Morgan fingerprint density at radius 2 is 1.96 bits per heavy atom. The molecule has 0 fully saturated rings. The first-order chi connectivity index (χ1) is 13.3. The molecule has 6 nitrogen and oxygen atoms in total. The summed E-state index contributed by atoms with van der Waals surface area (Å²) in [6.07, 6.45) is 0.647. The van der Waals surface area contributed by atoms with Gasteiger partial charge in [-0.25, -0.2) is 13.1 Å². The number of hydrogen-bond donors (Lipinski definition) is 1. The van der Waals surface area contributed by atoms with E-state index in [0.29, 0.717) is 29.7 Å². The molecule has 0 radical (unpaired) electrons. The van der Waals surface area contributed by atoms with Crippen LogP contribution < -0.4 is 14.5 Å². The third kappa shape index (κ3) is 4.39. The highest BCUT2D eigenvalue weighted by Crippen LogP contribution is 2.37. The highest BCUT2D eigenvalue weighted by atomic mass is 79.9. The van der Waals surface area contributed by atoms with Gasteiger partial charge >= 0.3 is 0 Å². The van der Waals surface area contributed by atoms with Crippen molar-refractivity contribution in [1.29, 1.82) is 0 Å². The van der Waals surface area contributed by atoms with Crippen molar-refractivity contribution in [3.05, 3.63) is 52.5 Å². The van der Waals surface area contributed by atoms with Gasteiger partial charge in [0.2, 0.25) is 15.9 Å². The van der Waals surface area contributed by atoms with Gasteiger partial charge in [0, 0.05) is 43.3 Å². The number of benzene rings is 2. The van der Waals surface area contributed by atoms with E-state index in [1.807, 2.05) is 43.3 Å². The maximum absolute atomic E-state index is 13.0. The molecule has 1 aliphatic rings. The minimum atomic E-state index is -3.76. The Morgan fingerprint density at radius 1 is 1.25 bits per heavy atom. The van der Waals surface area contributed by atoms with Crippen LogP contribution in [-0.2, 0) is 21.2 Å². The minimum Gasteiger partial charge on any atom is -0.370 e. The number of nitrogens with zero attached hydrogens (tertiary/aromatic N) is 2. The molecule has 1 N–H and O–H groups in total. The Labute approximate surface area is 174 Å².